The quantitative estimate of drug-likeness (QED) is 0.671. The van der Waals surface area contributed by atoms with Crippen LogP contribution in [-0.2, 0) is 6.54 Å². The first kappa shape index (κ1) is 18.2. The summed E-state index contributed by atoms with van der Waals surface area (Å²) in [5.74, 6) is 1.58. The van der Waals surface area contributed by atoms with Crippen LogP contribution in [-0.4, -0.2) is 16.4 Å². The van der Waals surface area contributed by atoms with Crippen molar-refractivity contribution >= 4 is 0 Å². The lowest BCUT2D eigenvalue weighted by Crippen LogP contribution is -2.02. The van der Waals surface area contributed by atoms with Crippen LogP contribution >= 0.6 is 0 Å². The molecule has 0 bridgehead atoms. The Hall–Kier alpha value is -2.59. The first-order valence-electron chi connectivity index (χ1n) is 9.16. The summed E-state index contributed by atoms with van der Waals surface area (Å²) in [6, 6.07) is 16.3. The molecule has 0 atom stereocenters. The first-order valence-corrected chi connectivity index (χ1v) is 9.16. The molecule has 0 amide bonds. The molecule has 0 saturated carbocycles. The van der Waals surface area contributed by atoms with E-state index in [0.29, 0.717) is 12.5 Å². The Balaban J connectivity index is 1.87. The normalized spacial score (nSPS) is 11.1. The van der Waals surface area contributed by atoms with E-state index in [4.69, 9.17) is 15.6 Å². The van der Waals surface area contributed by atoms with Gasteiger partial charge in [0.2, 0.25) is 0 Å². The molecule has 0 radical (unpaired) electrons. The van der Waals surface area contributed by atoms with E-state index in [9.17, 15) is 0 Å². The van der Waals surface area contributed by atoms with Crippen molar-refractivity contribution in [3.05, 3.63) is 65.9 Å². The van der Waals surface area contributed by atoms with Crippen molar-refractivity contribution < 1.29 is 4.74 Å². The number of aryl methyl sites for hydroxylation is 1. The molecule has 0 aliphatic rings. The molecule has 0 aliphatic carbocycles. The third kappa shape index (κ3) is 4.14. The maximum atomic E-state index is 5.96. The van der Waals surface area contributed by atoms with E-state index in [2.05, 4.69) is 32.9 Å². The second-order valence-electron chi connectivity index (χ2n) is 7.00. The van der Waals surface area contributed by atoms with E-state index in [0.717, 1.165) is 46.8 Å². The average molecular weight is 349 g/mol. The molecule has 1 aromatic heterocycles. The van der Waals surface area contributed by atoms with Gasteiger partial charge in [0.05, 0.1) is 18.0 Å². The van der Waals surface area contributed by atoms with Gasteiger partial charge in [-0.05, 0) is 55.2 Å². The SMILES string of the molecule is Cc1cc(-c2nn(-c3ccccc3)cc2CN)ccc1OCCC(C)C. The lowest BCUT2D eigenvalue weighted by Gasteiger charge is -2.11. The van der Waals surface area contributed by atoms with Crippen LogP contribution in [0.25, 0.3) is 16.9 Å². The topological polar surface area (TPSA) is 53.1 Å². The molecule has 3 rings (SSSR count). The van der Waals surface area contributed by atoms with Gasteiger partial charge >= 0.3 is 0 Å². The van der Waals surface area contributed by atoms with Crippen molar-refractivity contribution in [1.29, 1.82) is 0 Å². The zero-order chi connectivity index (χ0) is 18.5. The molecule has 0 fully saturated rings. The molecule has 2 N–H and O–H groups in total. The lowest BCUT2D eigenvalue weighted by molar-refractivity contribution is 0.288. The average Bonchev–Trinajstić information content (AvgIpc) is 3.08. The summed E-state index contributed by atoms with van der Waals surface area (Å²) in [5, 5.41) is 4.77. The van der Waals surface area contributed by atoms with Crippen LogP contribution in [0.1, 0.15) is 31.4 Å². The van der Waals surface area contributed by atoms with Crippen molar-refractivity contribution in [2.75, 3.05) is 6.61 Å². The maximum Gasteiger partial charge on any atom is 0.122 e. The highest BCUT2D eigenvalue weighted by molar-refractivity contribution is 5.65. The van der Waals surface area contributed by atoms with Crippen molar-refractivity contribution in [3.8, 4) is 22.7 Å². The van der Waals surface area contributed by atoms with Gasteiger partial charge in [-0.3, -0.25) is 0 Å². The molecular formula is C22H27N3O. The number of aromatic nitrogens is 2. The second kappa shape index (κ2) is 8.19. The van der Waals surface area contributed by atoms with Crippen molar-refractivity contribution in [1.82, 2.24) is 9.78 Å². The minimum absolute atomic E-state index is 0.452. The van der Waals surface area contributed by atoms with E-state index >= 15 is 0 Å². The molecule has 26 heavy (non-hydrogen) atoms. The molecule has 4 heteroatoms. The van der Waals surface area contributed by atoms with Crippen LogP contribution in [0.4, 0.5) is 0 Å². The summed E-state index contributed by atoms with van der Waals surface area (Å²) < 4.78 is 7.81. The van der Waals surface area contributed by atoms with Gasteiger partial charge in [-0.25, -0.2) is 4.68 Å². The number of para-hydroxylation sites is 1. The fourth-order valence-electron chi connectivity index (χ4n) is 2.88. The largest absolute Gasteiger partial charge is 0.493 e. The Morgan fingerprint density at radius 3 is 2.54 bits per heavy atom. The number of hydrogen-bond donors (Lipinski definition) is 1. The molecule has 1 heterocycles. The monoisotopic (exact) mass is 349 g/mol. The third-order valence-electron chi connectivity index (χ3n) is 4.43. The summed E-state index contributed by atoms with van der Waals surface area (Å²) in [5.41, 5.74) is 11.1. The molecule has 0 spiro atoms. The van der Waals surface area contributed by atoms with Crippen LogP contribution < -0.4 is 10.5 Å². The summed E-state index contributed by atoms with van der Waals surface area (Å²) >= 11 is 0. The molecule has 2 aromatic carbocycles. The summed E-state index contributed by atoms with van der Waals surface area (Å²) in [6.07, 6.45) is 3.06. The highest BCUT2D eigenvalue weighted by Crippen LogP contribution is 2.28. The highest BCUT2D eigenvalue weighted by Gasteiger charge is 2.12. The van der Waals surface area contributed by atoms with Crippen LogP contribution in [0, 0.1) is 12.8 Å². The fraction of sp³-hybridized carbons (Fsp3) is 0.318. The van der Waals surface area contributed by atoms with Crippen LogP contribution in [0.3, 0.4) is 0 Å². The fourth-order valence-corrected chi connectivity index (χ4v) is 2.88. The molecular weight excluding hydrogens is 322 g/mol. The van der Waals surface area contributed by atoms with Gasteiger partial charge in [0.15, 0.2) is 0 Å². The maximum absolute atomic E-state index is 5.96. The van der Waals surface area contributed by atoms with E-state index in [1.54, 1.807) is 0 Å². The minimum Gasteiger partial charge on any atom is -0.493 e. The molecule has 136 valence electrons. The van der Waals surface area contributed by atoms with E-state index < -0.39 is 0 Å². The predicted octanol–water partition coefficient (Wildman–Crippen LogP) is 4.73. The molecule has 4 nitrogen and oxygen atoms in total. The highest BCUT2D eigenvalue weighted by atomic mass is 16.5. The van der Waals surface area contributed by atoms with Crippen LogP contribution in [0.5, 0.6) is 5.75 Å². The van der Waals surface area contributed by atoms with Crippen LogP contribution in [0.2, 0.25) is 0 Å². The van der Waals surface area contributed by atoms with E-state index in [-0.39, 0.29) is 0 Å². The number of nitrogens with zero attached hydrogens (tertiary/aromatic N) is 2. The second-order valence-corrected chi connectivity index (χ2v) is 7.00. The zero-order valence-corrected chi connectivity index (χ0v) is 15.8. The first-order chi connectivity index (χ1) is 12.6. The van der Waals surface area contributed by atoms with Gasteiger partial charge in [0.1, 0.15) is 5.75 Å². The number of nitrogens with two attached hydrogens (primary N) is 1. The van der Waals surface area contributed by atoms with Crippen molar-refractivity contribution in [3.63, 3.8) is 0 Å². The van der Waals surface area contributed by atoms with Gasteiger partial charge in [0, 0.05) is 23.9 Å². The summed E-state index contributed by atoms with van der Waals surface area (Å²) in [6.45, 7) is 7.68. The standard InChI is InChI=1S/C22H27N3O/c1-16(2)11-12-26-21-10-9-18(13-17(21)3)22-19(14-23)15-25(24-22)20-7-5-4-6-8-20/h4-10,13,15-16H,11-12,14,23H2,1-3H3. The molecule has 3 aromatic rings. The smallest absolute Gasteiger partial charge is 0.122 e. The summed E-state index contributed by atoms with van der Waals surface area (Å²) in [7, 11) is 0. The summed E-state index contributed by atoms with van der Waals surface area (Å²) in [4.78, 5) is 0. The Morgan fingerprint density at radius 1 is 1.12 bits per heavy atom. The van der Waals surface area contributed by atoms with E-state index in [1.807, 2.05) is 47.3 Å². The Morgan fingerprint density at radius 2 is 1.88 bits per heavy atom. The zero-order valence-electron chi connectivity index (χ0n) is 15.8. The van der Waals surface area contributed by atoms with Gasteiger partial charge in [-0.2, -0.15) is 5.10 Å². The number of ether oxygens (including phenoxy) is 1. The predicted molar refractivity (Wildman–Crippen MR) is 107 cm³/mol. The Labute approximate surface area is 155 Å². The number of rotatable bonds is 7. The molecule has 0 unspecified atom stereocenters. The Kier molecular flexibility index (Phi) is 5.74. The van der Waals surface area contributed by atoms with Gasteiger partial charge in [0.25, 0.3) is 0 Å². The number of benzene rings is 2. The van der Waals surface area contributed by atoms with Crippen molar-refractivity contribution in [2.24, 2.45) is 11.7 Å². The lowest BCUT2D eigenvalue weighted by atomic mass is 10.0. The number of hydrogen-bond acceptors (Lipinski definition) is 3. The molecule has 0 aliphatic heterocycles. The van der Waals surface area contributed by atoms with E-state index in [1.165, 1.54) is 0 Å². The Bertz CT molecular complexity index is 853. The minimum atomic E-state index is 0.452. The van der Waals surface area contributed by atoms with Gasteiger partial charge in [-0.15, -0.1) is 0 Å². The van der Waals surface area contributed by atoms with Gasteiger partial charge in [-0.1, -0.05) is 32.0 Å². The van der Waals surface area contributed by atoms with Crippen LogP contribution in [0.15, 0.2) is 54.7 Å². The third-order valence-corrected chi connectivity index (χ3v) is 4.43. The van der Waals surface area contributed by atoms with Gasteiger partial charge < -0.3 is 10.5 Å². The molecule has 0 saturated heterocycles. The van der Waals surface area contributed by atoms with Crippen molar-refractivity contribution in [2.45, 2.75) is 33.7 Å².